The Bertz CT molecular complexity index is 4920. The number of piperazine rings is 1. The van der Waals surface area contributed by atoms with E-state index in [0.717, 1.165) is 51.8 Å². The summed E-state index contributed by atoms with van der Waals surface area (Å²) >= 11 is 0. The van der Waals surface area contributed by atoms with Crippen LogP contribution in [0.1, 0.15) is 124 Å². The van der Waals surface area contributed by atoms with Crippen molar-refractivity contribution in [3.8, 4) is 45.3 Å². The number of methoxy groups -OCH3 is 1. The summed E-state index contributed by atoms with van der Waals surface area (Å²) in [6, 6.07) is 50.6. The molecule has 22 heteroatoms. The minimum atomic E-state index is -1.03. The topological polar surface area (TPSA) is 238 Å². The minimum Gasteiger partial charge on any atom is -0.486 e. The second-order valence-corrected chi connectivity index (χ2v) is 29.8. The second-order valence-electron chi connectivity index (χ2n) is 29.8. The highest BCUT2D eigenvalue weighted by atomic mass is 19.1. The zero-order valence-electron chi connectivity index (χ0n) is 60.7. The third-order valence-electron chi connectivity index (χ3n) is 21.1. The number of fused-ring (bicyclic) bond motifs is 4. The monoisotopic (exact) mass is 1430 g/mol. The average molecular weight is 1430 g/mol. The molecule has 7 heterocycles. The number of likely N-dealkylation sites (tertiary alicyclic amines) is 2. The van der Waals surface area contributed by atoms with Crippen LogP contribution in [-0.4, -0.2) is 154 Å². The molecular formula is C84H87FN12O9. The van der Waals surface area contributed by atoms with E-state index in [4.69, 9.17) is 34.0 Å². The standard InChI is InChI=1S/C84H87FN12O9/c1-50(2)76(80(101)95-44-64(99)38-72(95)79(100)87-71(47-98)57-34-30-54(31-35-57)58-19-18-36-86-41-58)96-46-70(90-92-96)56-28-26-53(27-29-56)49-104-77-74(73-52(4)68(85)40-69-67(73)45-97(91-69)84(59-20-12-9-13-21-59,60-22-14-10-15-23-60)61-24-16-11-17-25-61)65(55-32-33-55)39-66-75(77)88-81(105-48-51(3)103-8)89-78(66)93-42-63-37-62(93)43-94(63)82(102)106-83(5,6)7/h9-31,34-36,39-41,45-46,50-51,55,62-64,71-72,76,98-99H,32-33,37-38,42-44,47-49H2,1-8H3,(H,87,100)/t51-,62-,63-,64+,71-,72-,76-/m0/s1. The van der Waals surface area contributed by atoms with Gasteiger partial charge >= 0.3 is 12.1 Å². The van der Waals surface area contributed by atoms with Gasteiger partial charge in [-0.25, -0.2) is 13.9 Å². The molecular weight excluding hydrogens is 1340 g/mol. The predicted octanol–water partition coefficient (Wildman–Crippen LogP) is 13.3. The summed E-state index contributed by atoms with van der Waals surface area (Å²) in [5.41, 5.74) is 9.14. The van der Waals surface area contributed by atoms with Gasteiger partial charge < -0.3 is 49.2 Å². The lowest BCUT2D eigenvalue weighted by molar-refractivity contribution is -0.142. The molecule has 3 N–H and O–H groups in total. The van der Waals surface area contributed by atoms with E-state index in [1.165, 1.54) is 15.6 Å². The van der Waals surface area contributed by atoms with Gasteiger partial charge in [0.1, 0.15) is 59.3 Å². The van der Waals surface area contributed by atoms with Crippen LogP contribution in [-0.2, 0) is 31.2 Å². The van der Waals surface area contributed by atoms with Crippen LogP contribution in [0.5, 0.6) is 11.8 Å². The summed E-state index contributed by atoms with van der Waals surface area (Å²) in [5, 5.41) is 40.6. The Hall–Kier alpha value is -10.9. The molecule has 7 aromatic carbocycles. The number of aromatic nitrogens is 8. The minimum absolute atomic E-state index is 0.0122. The Morgan fingerprint density at radius 1 is 0.726 bits per heavy atom. The van der Waals surface area contributed by atoms with Crippen LogP contribution in [0.4, 0.5) is 15.0 Å². The number of benzene rings is 7. The van der Waals surface area contributed by atoms with Crippen molar-refractivity contribution < 1.29 is 47.9 Å². The molecule has 3 aliphatic heterocycles. The van der Waals surface area contributed by atoms with Crippen LogP contribution >= 0.6 is 0 Å². The SMILES string of the molecule is CO[C@@H](C)COc1nc(N2C[C@@H]3C[C@H]2CN3C(=O)OC(C)(C)C)c2cc(C3CC3)c(-c3c(C)c(F)cc4nn(C(c5ccccc5)(c5ccccc5)c5ccccc5)cc34)c(OCc3ccc(-c4cn([C@H](C(=O)N5C[C@H](O)C[C@H]5C(=O)N[C@@H](CO)c5ccc(-c6cccnc6)cc5)C(C)C)nn4)cc3)c2n1. The van der Waals surface area contributed by atoms with E-state index >= 15 is 4.39 Å². The van der Waals surface area contributed by atoms with Crippen molar-refractivity contribution in [2.24, 2.45) is 5.92 Å². The van der Waals surface area contributed by atoms with Crippen molar-refractivity contribution in [1.29, 1.82) is 0 Å². The molecule has 0 spiro atoms. The molecule has 1 saturated carbocycles. The number of carbonyl (C=O) groups is 3. The van der Waals surface area contributed by atoms with Gasteiger partial charge in [-0.3, -0.25) is 19.3 Å². The van der Waals surface area contributed by atoms with Gasteiger partial charge in [-0.05, 0) is 128 Å². The molecule has 3 saturated heterocycles. The van der Waals surface area contributed by atoms with Crippen molar-refractivity contribution in [3.05, 3.63) is 233 Å². The number of hydrogen-bond acceptors (Lipinski definition) is 16. The van der Waals surface area contributed by atoms with Gasteiger partial charge in [0, 0.05) is 85.3 Å². The maximum absolute atomic E-state index is 17.6. The maximum Gasteiger partial charge on any atom is 0.410 e. The van der Waals surface area contributed by atoms with Crippen molar-refractivity contribution in [2.45, 2.75) is 140 Å². The van der Waals surface area contributed by atoms with Crippen LogP contribution in [0.15, 0.2) is 189 Å². The zero-order valence-corrected chi connectivity index (χ0v) is 60.7. The normalized spacial score (nSPS) is 18.2. The van der Waals surface area contributed by atoms with Gasteiger partial charge in [-0.15, -0.1) is 5.10 Å². The number of ether oxygens (including phenoxy) is 4. The van der Waals surface area contributed by atoms with Crippen molar-refractivity contribution in [3.63, 3.8) is 0 Å². The summed E-state index contributed by atoms with van der Waals surface area (Å²) in [7, 11) is 1.62. The Kier molecular flexibility index (Phi) is 19.5. The quantitative estimate of drug-likeness (QED) is 0.0505. The van der Waals surface area contributed by atoms with Crippen LogP contribution in [0.2, 0.25) is 0 Å². The van der Waals surface area contributed by atoms with E-state index in [0.29, 0.717) is 86.4 Å². The first kappa shape index (κ1) is 70.7. The number of β-amino-alcohol motifs (C(OH)–C–C–N with tert-alkyl or cyclic N) is 1. The Labute approximate surface area is 614 Å². The van der Waals surface area contributed by atoms with E-state index in [1.54, 1.807) is 25.7 Å². The van der Waals surface area contributed by atoms with Crippen LogP contribution in [0.25, 0.3) is 55.3 Å². The first-order valence-corrected chi connectivity index (χ1v) is 36.5. The first-order valence-electron chi connectivity index (χ1n) is 36.5. The number of anilines is 1. The van der Waals surface area contributed by atoms with Gasteiger partial charge in [-0.1, -0.05) is 165 Å². The first-order chi connectivity index (χ1) is 51.3. The van der Waals surface area contributed by atoms with Crippen molar-refractivity contribution >= 4 is 45.5 Å². The number of nitrogens with zero attached hydrogens (tertiary/aromatic N) is 11. The molecule has 4 aliphatic rings. The number of aliphatic hydroxyl groups excluding tert-OH is 2. The average Bonchev–Trinajstić information content (AvgIpc) is 1.46. The highest BCUT2D eigenvalue weighted by Crippen LogP contribution is 2.55. The number of rotatable bonds is 23. The lowest BCUT2D eigenvalue weighted by Crippen LogP contribution is -2.50. The Balaban J connectivity index is 0.799. The summed E-state index contributed by atoms with van der Waals surface area (Å²) in [6.07, 6.45) is 8.05. The number of nitrogens with one attached hydrogen (secondary N) is 1. The summed E-state index contributed by atoms with van der Waals surface area (Å²) in [4.78, 5) is 63.1. The molecule has 7 atom stereocenters. The molecule has 21 nitrogen and oxygen atoms in total. The molecule has 4 aromatic heterocycles. The van der Waals surface area contributed by atoms with E-state index in [2.05, 4.69) is 74.2 Å². The molecule has 2 bridgehead atoms. The van der Waals surface area contributed by atoms with Crippen LogP contribution in [0.3, 0.4) is 0 Å². The molecule has 106 heavy (non-hydrogen) atoms. The summed E-state index contributed by atoms with van der Waals surface area (Å²) in [5.74, 6) is -0.594. The van der Waals surface area contributed by atoms with Gasteiger partial charge in [0.05, 0.1) is 48.7 Å². The fourth-order valence-corrected chi connectivity index (χ4v) is 15.6. The predicted molar refractivity (Wildman–Crippen MR) is 401 cm³/mol. The molecule has 3 amide bonds. The molecule has 1 aliphatic carbocycles. The number of pyridine rings is 1. The number of carbonyl (C=O) groups excluding carboxylic acids is 3. The smallest absolute Gasteiger partial charge is 0.410 e. The third kappa shape index (κ3) is 13.7. The maximum atomic E-state index is 17.6. The molecule has 0 radical (unpaired) electrons. The van der Waals surface area contributed by atoms with E-state index in [9.17, 15) is 24.6 Å². The summed E-state index contributed by atoms with van der Waals surface area (Å²) in [6.45, 7) is 13.7. The van der Waals surface area contributed by atoms with E-state index in [-0.39, 0.29) is 68.3 Å². The largest absolute Gasteiger partial charge is 0.486 e. The number of amides is 3. The summed E-state index contributed by atoms with van der Waals surface area (Å²) < 4.78 is 46.7. The number of halogens is 1. The molecule has 4 fully saturated rings. The van der Waals surface area contributed by atoms with Gasteiger partial charge in [0.25, 0.3) is 0 Å². The molecule has 11 aromatic rings. The lowest BCUT2D eigenvalue weighted by Gasteiger charge is -2.36. The second kappa shape index (κ2) is 29.2. The molecule has 0 unspecified atom stereocenters. The van der Waals surface area contributed by atoms with Gasteiger partial charge in [0.2, 0.25) is 11.8 Å². The van der Waals surface area contributed by atoms with Crippen LogP contribution < -0.4 is 19.7 Å². The van der Waals surface area contributed by atoms with E-state index < -0.39 is 59.6 Å². The van der Waals surface area contributed by atoms with Crippen LogP contribution in [0, 0.1) is 18.7 Å². The van der Waals surface area contributed by atoms with Gasteiger partial charge in [0.15, 0.2) is 5.75 Å². The molecule has 544 valence electrons. The Morgan fingerprint density at radius 3 is 2.01 bits per heavy atom. The van der Waals surface area contributed by atoms with Crippen molar-refractivity contribution in [2.75, 3.05) is 44.9 Å². The highest BCUT2D eigenvalue weighted by Gasteiger charge is 2.49. The van der Waals surface area contributed by atoms with E-state index in [1.807, 2.05) is 173 Å². The van der Waals surface area contributed by atoms with Gasteiger partial charge in [-0.2, -0.15) is 15.1 Å². The highest BCUT2D eigenvalue weighted by molar-refractivity contribution is 6.06. The number of hydrogen-bond donors (Lipinski definition) is 3. The third-order valence-corrected chi connectivity index (χ3v) is 21.1. The lowest BCUT2D eigenvalue weighted by atomic mass is 9.77. The van der Waals surface area contributed by atoms with Crippen molar-refractivity contribution in [1.82, 2.24) is 54.8 Å². The fourth-order valence-electron chi connectivity index (χ4n) is 15.6. The zero-order chi connectivity index (χ0) is 73.7. The number of aliphatic hydroxyl groups is 2. The fraction of sp³-hybridized carbons (Fsp3) is 0.345. The molecule has 15 rings (SSSR count). The Morgan fingerprint density at radius 2 is 1.41 bits per heavy atom.